The highest BCUT2D eigenvalue weighted by atomic mass is 19.1. The Bertz CT molecular complexity index is 1760. The van der Waals surface area contributed by atoms with Crippen LogP contribution in [-0.2, 0) is 20.7 Å². The Morgan fingerprint density at radius 3 is 2.49 bits per heavy atom. The number of methoxy groups -OCH3 is 1. The van der Waals surface area contributed by atoms with Gasteiger partial charge in [0.2, 0.25) is 5.91 Å². The van der Waals surface area contributed by atoms with E-state index in [9.17, 15) is 14.0 Å². The Morgan fingerprint density at radius 2 is 1.74 bits per heavy atom. The number of nitrogens with zero attached hydrogens (tertiary/aromatic N) is 3. The van der Waals surface area contributed by atoms with E-state index >= 15 is 4.39 Å². The van der Waals surface area contributed by atoms with Gasteiger partial charge in [-0.05, 0) is 73.9 Å². The fraction of sp³-hybridized carbons (Fsp3) is 0.361. The Balaban J connectivity index is 1.11. The number of amides is 1. The number of carbonyl (C=O) groups excluding carboxylic acids is 2. The number of anilines is 1. The lowest BCUT2D eigenvalue weighted by atomic mass is 9.81. The van der Waals surface area contributed by atoms with Gasteiger partial charge in [0.1, 0.15) is 17.0 Å². The summed E-state index contributed by atoms with van der Waals surface area (Å²) >= 11 is 0. The standard InChI is InChI=1S/C36H37F2N3O6/c1-36(11-14-41(35(36)43)26-7-5-25(37)6-8-26)34(42)21-24-4-9-31(28(38)20-24)47-30-10-12-39-29-23-33(32(44-2)22-27(29)30)46-17-3-13-40-15-18-45-19-16-40/h4-10,12,20,22-23H,3,11,13-19,21H2,1-2H3/t36-/m0/s1. The van der Waals surface area contributed by atoms with Crippen LogP contribution in [0, 0.1) is 17.0 Å². The molecule has 3 aromatic carbocycles. The molecule has 3 heterocycles. The summed E-state index contributed by atoms with van der Waals surface area (Å²) in [5.41, 5.74) is 0.286. The largest absolute Gasteiger partial charge is 0.493 e. The molecule has 2 fully saturated rings. The number of rotatable bonds is 12. The van der Waals surface area contributed by atoms with Crippen molar-refractivity contribution in [2.24, 2.45) is 5.41 Å². The summed E-state index contributed by atoms with van der Waals surface area (Å²) in [7, 11) is 1.55. The number of aromatic nitrogens is 1. The minimum atomic E-state index is -1.26. The number of hydrogen-bond acceptors (Lipinski definition) is 8. The third kappa shape index (κ3) is 7.06. The zero-order chi connectivity index (χ0) is 33.0. The highest BCUT2D eigenvalue weighted by Crippen LogP contribution is 2.39. The number of carbonyl (C=O) groups is 2. The SMILES string of the molecule is COc1cc2c(Oc3ccc(CC(=O)[C@]4(C)CCN(c5ccc(F)cc5)C4=O)cc3F)ccnc2cc1OCCCN1CCOCC1. The molecule has 2 aliphatic rings. The summed E-state index contributed by atoms with van der Waals surface area (Å²) in [6.07, 6.45) is 2.61. The van der Waals surface area contributed by atoms with Crippen LogP contribution in [0.4, 0.5) is 14.5 Å². The fourth-order valence-electron chi connectivity index (χ4n) is 5.99. The van der Waals surface area contributed by atoms with Gasteiger partial charge in [0.05, 0.1) is 32.4 Å². The summed E-state index contributed by atoms with van der Waals surface area (Å²) in [6, 6.07) is 15.1. The highest BCUT2D eigenvalue weighted by molar-refractivity contribution is 6.14. The minimum Gasteiger partial charge on any atom is -0.493 e. The molecule has 47 heavy (non-hydrogen) atoms. The van der Waals surface area contributed by atoms with Crippen LogP contribution < -0.4 is 19.1 Å². The van der Waals surface area contributed by atoms with Gasteiger partial charge in [0.25, 0.3) is 0 Å². The van der Waals surface area contributed by atoms with E-state index in [4.69, 9.17) is 18.9 Å². The molecule has 9 nitrogen and oxygen atoms in total. The summed E-state index contributed by atoms with van der Waals surface area (Å²) < 4.78 is 51.8. The van der Waals surface area contributed by atoms with Crippen LogP contribution in [0.3, 0.4) is 0 Å². The Hall–Kier alpha value is -4.61. The fourth-order valence-corrected chi connectivity index (χ4v) is 5.99. The zero-order valence-electron chi connectivity index (χ0n) is 26.5. The van der Waals surface area contributed by atoms with E-state index in [-0.39, 0.29) is 23.9 Å². The first-order valence-electron chi connectivity index (χ1n) is 15.7. The van der Waals surface area contributed by atoms with Crippen molar-refractivity contribution < 1.29 is 37.3 Å². The minimum absolute atomic E-state index is 0.0262. The topological polar surface area (TPSA) is 90.4 Å². The maximum absolute atomic E-state index is 15.4. The Kier molecular flexibility index (Phi) is 9.65. The number of ether oxygens (including phenoxy) is 4. The number of fused-ring (bicyclic) bond motifs is 1. The molecule has 2 aliphatic heterocycles. The highest BCUT2D eigenvalue weighted by Gasteiger charge is 2.48. The molecule has 6 rings (SSSR count). The number of benzene rings is 3. The van der Waals surface area contributed by atoms with Crippen molar-refractivity contribution in [1.82, 2.24) is 9.88 Å². The van der Waals surface area contributed by atoms with Crippen LogP contribution in [0.5, 0.6) is 23.0 Å². The van der Waals surface area contributed by atoms with Gasteiger partial charge in [-0.25, -0.2) is 8.78 Å². The van der Waals surface area contributed by atoms with Crippen LogP contribution in [-0.4, -0.2) is 74.7 Å². The first-order valence-corrected chi connectivity index (χ1v) is 15.7. The zero-order valence-corrected chi connectivity index (χ0v) is 26.5. The number of hydrogen-bond donors (Lipinski definition) is 0. The summed E-state index contributed by atoms with van der Waals surface area (Å²) in [4.78, 5) is 34.9. The number of Topliss-reactive ketones (excluding diaryl/α,β-unsaturated/α-hetero) is 1. The lowest BCUT2D eigenvalue weighted by molar-refractivity contribution is -0.136. The Labute approximate surface area is 272 Å². The maximum atomic E-state index is 15.4. The number of halogens is 2. The molecule has 0 saturated carbocycles. The molecular weight excluding hydrogens is 608 g/mol. The van der Waals surface area contributed by atoms with E-state index in [1.807, 2.05) is 0 Å². The van der Waals surface area contributed by atoms with Gasteiger partial charge in [0, 0.05) is 55.9 Å². The molecule has 0 aliphatic carbocycles. The van der Waals surface area contributed by atoms with Crippen LogP contribution in [0.2, 0.25) is 0 Å². The van der Waals surface area contributed by atoms with Gasteiger partial charge in [-0.2, -0.15) is 0 Å². The second kappa shape index (κ2) is 14.0. The molecule has 246 valence electrons. The number of pyridine rings is 1. The van der Waals surface area contributed by atoms with E-state index in [1.54, 1.807) is 44.5 Å². The molecular formula is C36H37F2N3O6. The van der Waals surface area contributed by atoms with E-state index in [0.717, 1.165) is 39.3 Å². The van der Waals surface area contributed by atoms with Crippen molar-refractivity contribution in [3.63, 3.8) is 0 Å². The Morgan fingerprint density at radius 1 is 0.957 bits per heavy atom. The van der Waals surface area contributed by atoms with Crippen molar-refractivity contribution in [2.45, 2.75) is 26.2 Å². The van der Waals surface area contributed by atoms with Crippen LogP contribution in [0.1, 0.15) is 25.3 Å². The second-order valence-electron chi connectivity index (χ2n) is 12.0. The molecule has 1 atom stereocenters. The lowest BCUT2D eigenvalue weighted by Crippen LogP contribution is -2.39. The molecule has 0 spiro atoms. The van der Waals surface area contributed by atoms with Crippen LogP contribution in [0.15, 0.2) is 66.9 Å². The normalized spacial score (nSPS) is 18.5. The first-order chi connectivity index (χ1) is 22.7. The van der Waals surface area contributed by atoms with E-state index in [1.165, 1.54) is 41.3 Å². The number of ketones is 1. The molecule has 0 radical (unpaired) electrons. The summed E-state index contributed by atoms with van der Waals surface area (Å²) in [6.45, 7) is 6.73. The van der Waals surface area contributed by atoms with E-state index in [2.05, 4.69) is 9.88 Å². The van der Waals surface area contributed by atoms with Crippen molar-refractivity contribution in [3.05, 3.63) is 84.1 Å². The molecule has 0 N–H and O–H groups in total. The van der Waals surface area contributed by atoms with Gasteiger partial charge >= 0.3 is 0 Å². The summed E-state index contributed by atoms with van der Waals surface area (Å²) in [5.74, 6) is -0.311. The smallest absolute Gasteiger partial charge is 0.240 e. The third-order valence-electron chi connectivity index (χ3n) is 8.85. The predicted octanol–water partition coefficient (Wildman–Crippen LogP) is 5.97. The lowest BCUT2D eigenvalue weighted by Gasteiger charge is -2.26. The third-order valence-corrected chi connectivity index (χ3v) is 8.85. The quantitative estimate of drug-likeness (QED) is 0.138. The van der Waals surface area contributed by atoms with Gasteiger partial charge in [-0.15, -0.1) is 0 Å². The van der Waals surface area contributed by atoms with Crippen molar-refractivity contribution in [1.29, 1.82) is 0 Å². The maximum Gasteiger partial charge on any atom is 0.240 e. The van der Waals surface area contributed by atoms with Gasteiger partial charge < -0.3 is 23.8 Å². The second-order valence-corrected chi connectivity index (χ2v) is 12.0. The van der Waals surface area contributed by atoms with Crippen LogP contribution in [0.25, 0.3) is 10.9 Å². The molecule has 1 aromatic heterocycles. The first kappa shape index (κ1) is 32.3. The molecule has 11 heteroatoms. The van der Waals surface area contributed by atoms with Gasteiger partial charge in [-0.3, -0.25) is 19.5 Å². The monoisotopic (exact) mass is 645 g/mol. The van der Waals surface area contributed by atoms with E-state index < -0.39 is 17.0 Å². The molecule has 2 saturated heterocycles. The molecule has 0 unspecified atom stereocenters. The average molecular weight is 646 g/mol. The van der Waals surface area contributed by atoms with Crippen molar-refractivity contribution in [2.75, 3.05) is 58.0 Å². The molecule has 0 bridgehead atoms. The van der Waals surface area contributed by atoms with Gasteiger partial charge in [0.15, 0.2) is 28.8 Å². The number of morpholine rings is 1. The molecule has 4 aromatic rings. The van der Waals surface area contributed by atoms with Crippen LogP contribution >= 0.6 is 0 Å². The van der Waals surface area contributed by atoms with Crippen molar-refractivity contribution in [3.8, 4) is 23.0 Å². The average Bonchev–Trinajstić information content (AvgIpc) is 3.39. The van der Waals surface area contributed by atoms with E-state index in [0.29, 0.717) is 59.0 Å². The van der Waals surface area contributed by atoms with Gasteiger partial charge in [-0.1, -0.05) is 6.07 Å². The van der Waals surface area contributed by atoms with Crippen molar-refractivity contribution >= 4 is 28.3 Å². The summed E-state index contributed by atoms with van der Waals surface area (Å²) in [5, 5.41) is 0.613. The molecule has 1 amide bonds. The predicted molar refractivity (Wildman–Crippen MR) is 172 cm³/mol.